The number of nitrogens with zero attached hydrogens (tertiary/aromatic N) is 1. The maximum Gasteiger partial charge on any atom is 0.255 e. The molecule has 1 saturated heterocycles. The van der Waals surface area contributed by atoms with Gasteiger partial charge in [-0.05, 0) is 41.8 Å². The van der Waals surface area contributed by atoms with Gasteiger partial charge in [0.2, 0.25) is 0 Å². The molecule has 17 heavy (non-hydrogen) atoms. The number of anilines is 2. The zero-order chi connectivity index (χ0) is 12.3. The molecular weight excluding hydrogens is 256 g/mol. The van der Waals surface area contributed by atoms with Gasteiger partial charge in [0, 0.05) is 6.54 Å². The lowest BCUT2D eigenvalue weighted by Gasteiger charge is -2.21. The highest BCUT2D eigenvalue weighted by Gasteiger charge is 2.18. The summed E-state index contributed by atoms with van der Waals surface area (Å²) in [4.78, 5) is 11.2. The fourth-order valence-corrected chi connectivity index (χ4v) is 3.78. The molecule has 0 aromatic carbocycles. The molecule has 94 valence electrons. The first-order chi connectivity index (χ1) is 8.18. The Labute approximate surface area is 108 Å². The van der Waals surface area contributed by atoms with E-state index in [4.69, 9.17) is 11.5 Å². The number of amides is 1. The zero-order valence-corrected chi connectivity index (χ0v) is 11.1. The smallest absolute Gasteiger partial charge is 0.255 e. The van der Waals surface area contributed by atoms with E-state index in [0.29, 0.717) is 16.5 Å². The summed E-state index contributed by atoms with van der Waals surface area (Å²) in [6.45, 7) is 0.864. The molecule has 7 heteroatoms. The predicted molar refractivity (Wildman–Crippen MR) is 73.6 cm³/mol. The van der Waals surface area contributed by atoms with Crippen LogP contribution in [0.3, 0.4) is 0 Å². The Morgan fingerprint density at radius 1 is 1.47 bits per heavy atom. The third-order valence-electron chi connectivity index (χ3n) is 2.86. The number of hydrogen-bond donors (Lipinski definition) is 3. The van der Waals surface area contributed by atoms with Crippen molar-refractivity contribution in [3.63, 3.8) is 0 Å². The molecule has 0 aliphatic carbocycles. The molecule has 0 atom stereocenters. The summed E-state index contributed by atoms with van der Waals surface area (Å²) in [6, 6.07) is 0. The number of thioether (sulfide) groups is 1. The van der Waals surface area contributed by atoms with E-state index in [2.05, 4.69) is 9.69 Å². The minimum Gasteiger partial charge on any atom is -0.382 e. The van der Waals surface area contributed by atoms with Crippen molar-refractivity contribution < 1.29 is 4.79 Å². The molecular formula is C10H16N4OS2. The lowest BCUT2D eigenvalue weighted by molar-refractivity contribution is 0.100. The summed E-state index contributed by atoms with van der Waals surface area (Å²) in [5.41, 5.74) is 11.2. The van der Waals surface area contributed by atoms with Gasteiger partial charge in [-0.1, -0.05) is 0 Å². The molecule has 0 unspecified atom stereocenters. The largest absolute Gasteiger partial charge is 0.382 e. The van der Waals surface area contributed by atoms with Gasteiger partial charge in [-0.2, -0.15) is 16.1 Å². The normalized spacial score (nSPS) is 16.9. The zero-order valence-electron chi connectivity index (χ0n) is 9.44. The molecule has 0 saturated carbocycles. The number of hydrogen-bond acceptors (Lipinski definition) is 6. The van der Waals surface area contributed by atoms with Crippen molar-refractivity contribution in [1.82, 2.24) is 4.37 Å². The molecule has 1 fully saturated rings. The Morgan fingerprint density at radius 3 is 2.82 bits per heavy atom. The topological polar surface area (TPSA) is 94.0 Å². The molecule has 1 aliphatic heterocycles. The number of nitrogens with two attached hydrogens (primary N) is 2. The van der Waals surface area contributed by atoms with Gasteiger partial charge in [-0.25, -0.2) is 0 Å². The molecule has 1 aromatic heterocycles. The Bertz CT molecular complexity index is 401. The number of rotatable bonds is 4. The number of primary amides is 1. The minimum absolute atomic E-state index is 0.226. The van der Waals surface area contributed by atoms with Crippen molar-refractivity contribution in [2.75, 3.05) is 29.1 Å². The lowest BCUT2D eigenvalue weighted by atomic mass is 10.0. The molecule has 2 rings (SSSR count). The molecule has 1 aliphatic rings. The second-order valence-corrected chi connectivity index (χ2v) is 6.07. The summed E-state index contributed by atoms with van der Waals surface area (Å²) >= 11 is 3.20. The Morgan fingerprint density at radius 2 is 2.18 bits per heavy atom. The molecule has 2 heterocycles. The molecule has 0 radical (unpaired) electrons. The highest BCUT2D eigenvalue weighted by atomic mass is 32.2. The van der Waals surface area contributed by atoms with Crippen molar-refractivity contribution in [2.45, 2.75) is 12.8 Å². The van der Waals surface area contributed by atoms with Crippen LogP contribution in [0, 0.1) is 5.92 Å². The first-order valence-electron chi connectivity index (χ1n) is 5.55. The first-order valence-corrected chi connectivity index (χ1v) is 7.48. The Kier molecular flexibility index (Phi) is 4.11. The van der Waals surface area contributed by atoms with Gasteiger partial charge >= 0.3 is 0 Å². The molecule has 5 nitrogen and oxygen atoms in total. The minimum atomic E-state index is -0.516. The Hall–Kier alpha value is -0.950. The van der Waals surface area contributed by atoms with Gasteiger partial charge in [0.1, 0.15) is 10.6 Å². The average Bonchev–Trinajstić information content (AvgIpc) is 2.69. The summed E-state index contributed by atoms with van der Waals surface area (Å²) in [7, 11) is 0. The van der Waals surface area contributed by atoms with Crippen LogP contribution in [0.4, 0.5) is 10.8 Å². The summed E-state index contributed by atoms with van der Waals surface area (Å²) < 4.78 is 3.95. The van der Waals surface area contributed by atoms with Crippen LogP contribution in [-0.4, -0.2) is 28.3 Å². The molecule has 5 N–H and O–H groups in total. The fraction of sp³-hybridized carbons (Fsp3) is 0.600. The molecule has 1 amide bonds. The van der Waals surface area contributed by atoms with E-state index in [1.54, 1.807) is 0 Å². The molecule has 0 bridgehead atoms. The van der Waals surface area contributed by atoms with Crippen molar-refractivity contribution in [3.05, 3.63) is 5.56 Å². The monoisotopic (exact) mass is 272 g/mol. The van der Waals surface area contributed by atoms with Gasteiger partial charge in [0.15, 0.2) is 5.82 Å². The standard InChI is InChI=1S/C10H16N4OS2/c11-8-7(9(12)15)10(17-14-8)13-5-6-1-3-16-4-2-6/h6,13H,1-5H2,(H2,11,14)(H2,12,15). The lowest BCUT2D eigenvalue weighted by Crippen LogP contribution is -2.20. The summed E-state index contributed by atoms with van der Waals surface area (Å²) in [5, 5.41) is 3.95. The third-order valence-corrected chi connectivity index (χ3v) is 4.72. The van der Waals surface area contributed by atoms with Crippen LogP contribution in [0.1, 0.15) is 23.2 Å². The average molecular weight is 272 g/mol. The van der Waals surface area contributed by atoms with Gasteiger partial charge in [0.25, 0.3) is 5.91 Å². The summed E-state index contributed by atoms with van der Waals surface area (Å²) in [6.07, 6.45) is 2.44. The Balaban J connectivity index is 1.96. The maximum absolute atomic E-state index is 11.2. The number of carbonyl (C=O) groups is 1. The SMILES string of the molecule is NC(=O)c1c(N)nsc1NCC1CCSCC1. The van der Waals surface area contributed by atoms with E-state index in [-0.39, 0.29) is 5.82 Å². The van der Waals surface area contributed by atoms with Crippen LogP contribution in [0.25, 0.3) is 0 Å². The number of aromatic nitrogens is 1. The van der Waals surface area contributed by atoms with Crippen LogP contribution < -0.4 is 16.8 Å². The van der Waals surface area contributed by atoms with E-state index in [1.165, 1.54) is 35.9 Å². The summed E-state index contributed by atoms with van der Waals surface area (Å²) in [5.74, 6) is 2.82. The highest BCUT2D eigenvalue weighted by Crippen LogP contribution is 2.28. The number of carbonyl (C=O) groups excluding carboxylic acids is 1. The van der Waals surface area contributed by atoms with E-state index >= 15 is 0 Å². The number of nitrogen functional groups attached to an aromatic ring is 1. The van der Waals surface area contributed by atoms with Crippen molar-refractivity contribution >= 4 is 40.0 Å². The van der Waals surface area contributed by atoms with Crippen molar-refractivity contribution in [1.29, 1.82) is 0 Å². The van der Waals surface area contributed by atoms with E-state index < -0.39 is 5.91 Å². The second-order valence-electron chi connectivity index (χ2n) is 4.07. The molecule has 1 aromatic rings. The van der Waals surface area contributed by atoms with Crippen LogP contribution in [0.15, 0.2) is 0 Å². The fourth-order valence-electron chi connectivity index (χ4n) is 1.85. The van der Waals surface area contributed by atoms with Crippen molar-refractivity contribution in [3.8, 4) is 0 Å². The maximum atomic E-state index is 11.2. The van der Waals surface area contributed by atoms with Crippen LogP contribution in [-0.2, 0) is 0 Å². The van der Waals surface area contributed by atoms with E-state index in [9.17, 15) is 4.79 Å². The first kappa shape index (κ1) is 12.5. The van der Waals surface area contributed by atoms with Gasteiger partial charge < -0.3 is 16.8 Å². The van der Waals surface area contributed by atoms with E-state index in [1.807, 2.05) is 11.8 Å². The third kappa shape index (κ3) is 3.04. The van der Waals surface area contributed by atoms with Gasteiger partial charge in [-0.15, -0.1) is 0 Å². The van der Waals surface area contributed by atoms with Crippen LogP contribution in [0.5, 0.6) is 0 Å². The van der Waals surface area contributed by atoms with Crippen LogP contribution in [0.2, 0.25) is 0 Å². The number of nitrogens with one attached hydrogen (secondary N) is 1. The van der Waals surface area contributed by atoms with Crippen LogP contribution >= 0.6 is 23.3 Å². The van der Waals surface area contributed by atoms with E-state index in [0.717, 1.165) is 6.54 Å². The predicted octanol–water partition coefficient (Wildman–Crippen LogP) is 1.38. The van der Waals surface area contributed by atoms with Gasteiger partial charge in [0.05, 0.1) is 0 Å². The quantitative estimate of drug-likeness (QED) is 0.770. The van der Waals surface area contributed by atoms with Gasteiger partial charge in [-0.3, -0.25) is 4.79 Å². The van der Waals surface area contributed by atoms with Crippen molar-refractivity contribution in [2.24, 2.45) is 11.7 Å². The second kappa shape index (κ2) is 5.59. The molecule has 0 spiro atoms. The highest BCUT2D eigenvalue weighted by molar-refractivity contribution is 7.99.